The number of benzene rings is 2. The molecule has 0 aliphatic heterocycles. The van der Waals surface area contributed by atoms with Gasteiger partial charge in [0.2, 0.25) is 0 Å². The molecule has 5 nitrogen and oxygen atoms in total. The number of nitrogens with one attached hydrogen (secondary N) is 1. The Hall–Kier alpha value is -2.23. The van der Waals surface area contributed by atoms with Crippen LogP contribution in [0.1, 0.15) is 28.4 Å². The van der Waals surface area contributed by atoms with Crippen LogP contribution >= 0.6 is 0 Å². The van der Waals surface area contributed by atoms with Crippen molar-refractivity contribution in [3.05, 3.63) is 53.6 Å². The maximum atomic E-state index is 12.7. The van der Waals surface area contributed by atoms with Crippen LogP contribution in [0.2, 0.25) is 39.3 Å². The summed E-state index contributed by atoms with van der Waals surface area (Å²) < 4.78 is 0. The summed E-state index contributed by atoms with van der Waals surface area (Å²) in [6.07, 6.45) is -1.45. The fraction of sp³-hybridized carbons (Fsp3) is 0.364. The number of aliphatic hydroxyl groups is 1. The summed E-state index contributed by atoms with van der Waals surface area (Å²) in [5.41, 5.74) is 1.75. The fourth-order valence-electron chi connectivity index (χ4n) is 2.91. The van der Waals surface area contributed by atoms with Crippen molar-refractivity contribution >= 4 is 44.1 Å². The number of carboxylic acids is 1. The van der Waals surface area contributed by atoms with Crippen molar-refractivity contribution in [1.82, 2.24) is 0 Å². The van der Waals surface area contributed by atoms with Crippen molar-refractivity contribution in [3.8, 4) is 0 Å². The van der Waals surface area contributed by atoms with Gasteiger partial charge in [-0.3, -0.25) is 9.59 Å². The van der Waals surface area contributed by atoms with Gasteiger partial charge in [-0.05, 0) is 29.8 Å². The molecule has 1 atom stereocenters. The Morgan fingerprint density at radius 1 is 0.897 bits per heavy atom. The second kappa shape index (κ2) is 8.65. The van der Waals surface area contributed by atoms with Crippen LogP contribution < -0.4 is 15.7 Å². The number of amides is 1. The fourth-order valence-corrected chi connectivity index (χ4v) is 5.41. The lowest BCUT2D eigenvalue weighted by molar-refractivity contribution is -0.139. The van der Waals surface area contributed by atoms with Gasteiger partial charge in [0, 0.05) is 11.3 Å². The third kappa shape index (κ3) is 6.38. The number of carbonyl (C=O) groups excluding carboxylic acids is 1. The minimum atomic E-state index is -1.54. The molecule has 0 heterocycles. The molecule has 0 aliphatic rings. The maximum absolute atomic E-state index is 12.7. The Morgan fingerprint density at radius 3 is 1.79 bits per heavy atom. The number of hydrogen-bond donors (Lipinski definition) is 3. The molecular weight excluding hydrogens is 398 g/mol. The van der Waals surface area contributed by atoms with Gasteiger partial charge in [-0.1, -0.05) is 67.9 Å². The van der Waals surface area contributed by atoms with Crippen LogP contribution in [0.25, 0.3) is 0 Å². The zero-order chi connectivity index (χ0) is 22.0. The molecule has 1 unspecified atom stereocenters. The molecule has 7 heteroatoms. The quantitative estimate of drug-likeness (QED) is 0.588. The lowest BCUT2D eigenvalue weighted by atomic mass is 10.0. The molecule has 2 aromatic carbocycles. The molecule has 2 aromatic rings. The first-order valence-corrected chi connectivity index (χ1v) is 16.7. The van der Waals surface area contributed by atoms with Crippen LogP contribution in [-0.2, 0) is 4.79 Å². The van der Waals surface area contributed by atoms with Crippen LogP contribution in [0, 0.1) is 0 Å². The predicted octanol–water partition coefficient (Wildman–Crippen LogP) is 3.54. The monoisotopic (exact) mass is 429 g/mol. The number of aliphatic hydroxyl groups excluding tert-OH is 1. The van der Waals surface area contributed by atoms with E-state index in [-0.39, 0.29) is 12.3 Å². The first-order chi connectivity index (χ1) is 13.3. The second-order valence-electron chi connectivity index (χ2n) is 9.49. The summed E-state index contributed by atoms with van der Waals surface area (Å²) in [7, 11) is -3.09. The normalized spacial score (nSPS) is 13.1. The first-order valence-electron chi connectivity index (χ1n) is 9.74. The number of hydrogen-bond acceptors (Lipinski definition) is 3. The summed E-state index contributed by atoms with van der Waals surface area (Å²) in [5, 5.41) is 24.3. The van der Waals surface area contributed by atoms with Gasteiger partial charge >= 0.3 is 5.97 Å². The van der Waals surface area contributed by atoms with E-state index in [1.807, 2.05) is 0 Å². The van der Waals surface area contributed by atoms with Gasteiger partial charge in [0.05, 0.1) is 28.7 Å². The average molecular weight is 430 g/mol. The smallest absolute Gasteiger partial charge is 0.306 e. The van der Waals surface area contributed by atoms with E-state index in [9.17, 15) is 14.7 Å². The van der Waals surface area contributed by atoms with Crippen LogP contribution in [0.5, 0.6) is 0 Å². The molecule has 3 N–H and O–H groups in total. The van der Waals surface area contributed by atoms with Crippen LogP contribution in [0.4, 0.5) is 5.69 Å². The van der Waals surface area contributed by atoms with Gasteiger partial charge in [0.1, 0.15) is 0 Å². The molecule has 0 aliphatic carbocycles. The molecule has 156 valence electrons. The molecule has 0 radical (unpaired) electrons. The highest BCUT2D eigenvalue weighted by molar-refractivity contribution is 6.91. The van der Waals surface area contributed by atoms with Gasteiger partial charge in [0.15, 0.2) is 0 Å². The van der Waals surface area contributed by atoms with Gasteiger partial charge in [-0.15, -0.1) is 0 Å². The molecule has 0 fully saturated rings. The van der Waals surface area contributed by atoms with E-state index in [4.69, 9.17) is 5.11 Å². The minimum absolute atomic E-state index is 0.224. The number of carboxylic acid groups (broad SMARTS) is 1. The van der Waals surface area contributed by atoms with Gasteiger partial charge in [0.25, 0.3) is 5.91 Å². The first kappa shape index (κ1) is 23.1. The highest BCUT2D eigenvalue weighted by Gasteiger charge is 2.23. The van der Waals surface area contributed by atoms with Crippen LogP contribution in [-0.4, -0.2) is 38.2 Å². The van der Waals surface area contributed by atoms with E-state index in [1.54, 1.807) is 24.3 Å². The standard InChI is InChI=1S/C22H31NO4Si2/c1-28(2,3)18-11-17(12-19(13-18)29(4,5)6)23-22(27)16-9-7-15(8-10-16)20(24)14-21(25)26/h7-13,20,24H,14H2,1-6H3,(H,23,27)(H,25,26). The number of rotatable bonds is 7. The van der Waals surface area contributed by atoms with E-state index in [2.05, 4.69) is 62.8 Å². The molecule has 0 saturated heterocycles. The molecule has 2 rings (SSSR count). The Morgan fingerprint density at radius 2 is 1.38 bits per heavy atom. The van der Waals surface area contributed by atoms with Crippen LogP contribution in [0.3, 0.4) is 0 Å². The molecular formula is C22H31NO4Si2. The Kier molecular flexibility index (Phi) is 6.87. The molecule has 0 spiro atoms. The summed E-state index contributed by atoms with van der Waals surface area (Å²) in [4.78, 5) is 23.5. The zero-order valence-corrected chi connectivity index (χ0v) is 20.0. The third-order valence-electron chi connectivity index (χ3n) is 4.85. The summed E-state index contributed by atoms with van der Waals surface area (Å²) in [6, 6.07) is 12.9. The second-order valence-corrected chi connectivity index (χ2v) is 19.6. The SMILES string of the molecule is C[Si](C)(C)c1cc(NC(=O)c2ccc(C(O)CC(=O)O)cc2)cc([Si](C)(C)C)c1. The number of anilines is 1. The van der Waals surface area contributed by atoms with E-state index in [0.29, 0.717) is 11.1 Å². The molecule has 0 saturated carbocycles. The van der Waals surface area contributed by atoms with E-state index >= 15 is 0 Å². The lowest BCUT2D eigenvalue weighted by Crippen LogP contribution is -2.45. The zero-order valence-electron chi connectivity index (χ0n) is 18.0. The summed E-state index contributed by atoms with van der Waals surface area (Å²) in [6.45, 7) is 13.8. The van der Waals surface area contributed by atoms with E-state index in [0.717, 1.165) is 5.69 Å². The van der Waals surface area contributed by atoms with Crippen molar-refractivity contribution in [2.24, 2.45) is 0 Å². The minimum Gasteiger partial charge on any atom is -0.481 e. The molecule has 0 aromatic heterocycles. The highest BCUT2D eigenvalue weighted by atomic mass is 28.3. The number of carbonyl (C=O) groups is 2. The average Bonchev–Trinajstić information content (AvgIpc) is 2.59. The Balaban J connectivity index is 2.27. The van der Waals surface area contributed by atoms with Gasteiger partial charge < -0.3 is 15.5 Å². The van der Waals surface area contributed by atoms with Gasteiger partial charge in [-0.25, -0.2) is 0 Å². The topological polar surface area (TPSA) is 86.6 Å². The molecule has 29 heavy (non-hydrogen) atoms. The van der Waals surface area contributed by atoms with E-state index < -0.39 is 28.2 Å². The summed E-state index contributed by atoms with van der Waals surface area (Å²) in [5.74, 6) is -1.29. The predicted molar refractivity (Wildman–Crippen MR) is 124 cm³/mol. The Labute approximate surface area is 174 Å². The maximum Gasteiger partial charge on any atom is 0.306 e. The number of aliphatic carboxylic acids is 1. The van der Waals surface area contributed by atoms with Crippen molar-refractivity contribution in [2.75, 3.05) is 5.32 Å². The lowest BCUT2D eigenvalue weighted by Gasteiger charge is -2.24. The van der Waals surface area contributed by atoms with Crippen molar-refractivity contribution < 1.29 is 19.8 Å². The van der Waals surface area contributed by atoms with Crippen molar-refractivity contribution in [3.63, 3.8) is 0 Å². The summed E-state index contributed by atoms with van der Waals surface area (Å²) >= 11 is 0. The van der Waals surface area contributed by atoms with Crippen molar-refractivity contribution in [1.29, 1.82) is 0 Å². The Bertz CT molecular complexity index is 864. The van der Waals surface area contributed by atoms with E-state index in [1.165, 1.54) is 10.4 Å². The van der Waals surface area contributed by atoms with Gasteiger partial charge in [-0.2, -0.15) is 0 Å². The van der Waals surface area contributed by atoms with Crippen molar-refractivity contribution in [2.45, 2.75) is 51.8 Å². The molecule has 1 amide bonds. The largest absolute Gasteiger partial charge is 0.481 e. The highest BCUT2D eigenvalue weighted by Crippen LogP contribution is 2.18. The third-order valence-corrected chi connectivity index (χ3v) is 8.89. The van der Waals surface area contributed by atoms with Crippen LogP contribution in [0.15, 0.2) is 42.5 Å². The molecule has 0 bridgehead atoms.